The Morgan fingerprint density at radius 3 is 2.67 bits per heavy atom. The summed E-state index contributed by atoms with van der Waals surface area (Å²) in [6, 6.07) is 0. The number of carbonyl (C=O) groups is 1. The second-order valence-corrected chi connectivity index (χ2v) is 4.76. The fourth-order valence-corrected chi connectivity index (χ4v) is 1.67. The largest absolute Gasteiger partial charge is 0.343 e. The van der Waals surface area contributed by atoms with E-state index in [1.54, 1.807) is 0 Å². The molecule has 0 spiro atoms. The van der Waals surface area contributed by atoms with Crippen molar-refractivity contribution >= 4 is 5.91 Å². The van der Waals surface area contributed by atoms with E-state index in [0.29, 0.717) is 24.8 Å². The third-order valence-electron chi connectivity index (χ3n) is 3.16. The first-order chi connectivity index (χ1) is 7.17. The van der Waals surface area contributed by atoms with E-state index < -0.39 is 0 Å². The minimum atomic E-state index is 0.310. The minimum Gasteiger partial charge on any atom is -0.343 e. The summed E-state index contributed by atoms with van der Waals surface area (Å²) in [5.41, 5.74) is 5.53. The molecule has 15 heavy (non-hydrogen) atoms. The molecule has 0 radical (unpaired) electrons. The number of hydrogen-bond donors (Lipinski definition) is 1. The van der Waals surface area contributed by atoms with E-state index in [1.165, 1.54) is 12.8 Å². The Labute approximate surface area is 93.0 Å². The van der Waals surface area contributed by atoms with Crippen LogP contribution in [0.15, 0.2) is 0 Å². The van der Waals surface area contributed by atoms with Crippen LogP contribution < -0.4 is 5.73 Å². The SMILES string of the molecule is CCN(CC1CC1)C(=O)CCC(C)CN. The Morgan fingerprint density at radius 1 is 1.53 bits per heavy atom. The topological polar surface area (TPSA) is 46.3 Å². The van der Waals surface area contributed by atoms with Crippen molar-refractivity contribution in [3.8, 4) is 0 Å². The number of hydrogen-bond acceptors (Lipinski definition) is 2. The predicted octanol–water partition coefficient (Wildman–Crippen LogP) is 1.62. The summed E-state index contributed by atoms with van der Waals surface area (Å²) in [7, 11) is 0. The van der Waals surface area contributed by atoms with Gasteiger partial charge in [0.05, 0.1) is 0 Å². The van der Waals surface area contributed by atoms with Crippen molar-refractivity contribution in [3.05, 3.63) is 0 Å². The first kappa shape index (κ1) is 12.5. The van der Waals surface area contributed by atoms with E-state index in [2.05, 4.69) is 13.8 Å². The van der Waals surface area contributed by atoms with Crippen molar-refractivity contribution < 1.29 is 4.79 Å². The van der Waals surface area contributed by atoms with Crippen molar-refractivity contribution in [3.63, 3.8) is 0 Å². The molecule has 1 amide bonds. The number of nitrogens with zero attached hydrogens (tertiary/aromatic N) is 1. The van der Waals surface area contributed by atoms with Gasteiger partial charge >= 0.3 is 0 Å². The molecular weight excluding hydrogens is 188 g/mol. The molecule has 1 aliphatic carbocycles. The van der Waals surface area contributed by atoms with Crippen molar-refractivity contribution in [1.29, 1.82) is 0 Å². The Bertz CT molecular complexity index is 202. The van der Waals surface area contributed by atoms with Gasteiger partial charge in [0.15, 0.2) is 0 Å². The van der Waals surface area contributed by atoms with Gasteiger partial charge in [0.25, 0.3) is 0 Å². The molecule has 0 aliphatic heterocycles. The van der Waals surface area contributed by atoms with E-state index in [4.69, 9.17) is 5.73 Å². The van der Waals surface area contributed by atoms with Gasteiger partial charge in [-0.25, -0.2) is 0 Å². The maximum absolute atomic E-state index is 11.8. The van der Waals surface area contributed by atoms with Crippen molar-refractivity contribution in [2.75, 3.05) is 19.6 Å². The van der Waals surface area contributed by atoms with Gasteiger partial charge in [-0.3, -0.25) is 4.79 Å². The highest BCUT2D eigenvalue weighted by Gasteiger charge is 2.25. The molecule has 1 rings (SSSR count). The first-order valence-electron chi connectivity index (χ1n) is 6.15. The molecule has 3 heteroatoms. The smallest absolute Gasteiger partial charge is 0.222 e. The fourth-order valence-electron chi connectivity index (χ4n) is 1.67. The molecule has 0 aromatic rings. The molecular formula is C12H24N2O. The van der Waals surface area contributed by atoms with Crippen LogP contribution in [0.3, 0.4) is 0 Å². The quantitative estimate of drug-likeness (QED) is 0.697. The molecule has 1 aliphatic rings. The zero-order valence-corrected chi connectivity index (χ0v) is 10.0. The first-order valence-corrected chi connectivity index (χ1v) is 6.15. The van der Waals surface area contributed by atoms with Crippen molar-refractivity contribution in [2.45, 2.75) is 39.5 Å². The van der Waals surface area contributed by atoms with Gasteiger partial charge in [0.1, 0.15) is 0 Å². The molecule has 0 bridgehead atoms. The highest BCUT2D eigenvalue weighted by molar-refractivity contribution is 5.76. The van der Waals surface area contributed by atoms with Gasteiger partial charge in [-0.15, -0.1) is 0 Å². The van der Waals surface area contributed by atoms with Gasteiger partial charge < -0.3 is 10.6 Å². The lowest BCUT2D eigenvalue weighted by Gasteiger charge is -2.21. The fraction of sp³-hybridized carbons (Fsp3) is 0.917. The van der Waals surface area contributed by atoms with Crippen LogP contribution in [0, 0.1) is 11.8 Å². The van der Waals surface area contributed by atoms with E-state index in [0.717, 1.165) is 25.4 Å². The Hall–Kier alpha value is -0.570. The van der Waals surface area contributed by atoms with Gasteiger partial charge in [-0.1, -0.05) is 6.92 Å². The normalized spacial score (nSPS) is 17.5. The minimum absolute atomic E-state index is 0.310. The molecule has 88 valence electrons. The summed E-state index contributed by atoms with van der Waals surface area (Å²) >= 11 is 0. The molecule has 1 unspecified atom stereocenters. The van der Waals surface area contributed by atoms with E-state index >= 15 is 0 Å². The summed E-state index contributed by atoms with van der Waals surface area (Å²) in [5.74, 6) is 1.57. The van der Waals surface area contributed by atoms with Crippen LogP contribution in [-0.2, 0) is 4.79 Å². The van der Waals surface area contributed by atoms with E-state index in [1.807, 2.05) is 4.90 Å². The zero-order valence-electron chi connectivity index (χ0n) is 10.0. The Kier molecular flexibility index (Phi) is 5.09. The van der Waals surface area contributed by atoms with Crippen LogP contribution in [0.2, 0.25) is 0 Å². The number of carbonyl (C=O) groups excluding carboxylic acids is 1. The Balaban J connectivity index is 2.22. The van der Waals surface area contributed by atoms with Crippen molar-refractivity contribution in [2.24, 2.45) is 17.6 Å². The molecule has 3 nitrogen and oxygen atoms in total. The second-order valence-electron chi connectivity index (χ2n) is 4.76. The molecule has 1 fully saturated rings. The lowest BCUT2D eigenvalue weighted by atomic mass is 10.1. The summed E-state index contributed by atoms with van der Waals surface area (Å²) in [5, 5.41) is 0. The van der Waals surface area contributed by atoms with E-state index in [9.17, 15) is 4.79 Å². The molecule has 0 aromatic heterocycles. The standard InChI is InChI=1S/C12H24N2O/c1-3-14(9-11-5-6-11)12(15)7-4-10(2)8-13/h10-11H,3-9,13H2,1-2H3. The van der Waals surface area contributed by atoms with Crippen molar-refractivity contribution in [1.82, 2.24) is 4.90 Å². The van der Waals surface area contributed by atoms with Crippen LogP contribution in [0.4, 0.5) is 0 Å². The average Bonchev–Trinajstić information content (AvgIpc) is 3.05. The maximum atomic E-state index is 11.8. The molecule has 0 heterocycles. The van der Waals surface area contributed by atoms with Crippen LogP contribution >= 0.6 is 0 Å². The summed E-state index contributed by atoms with van der Waals surface area (Å²) in [6.45, 7) is 6.68. The molecule has 2 N–H and O–H groups in total. The molecule has 0 saturated heterocycles. The zero-order chi connectivity index (χ0) is 11.3. The van der Waals surface area contributed by atoms with Gasteiger partial charge in [0, 0.05) is 19.5 Å². The summed E-state index contributed by atoms with van der Waals surface area (Å²) in [6.07, 6.45) is 4.21. The molecule has 1 atom stereocenters. The van der Waals surface area contributed by atoms with Gasteiger partial charge in [-0.05, 0) is 44.6 Å². The van der Waals surface area contributed by atoms with Gasteiger partial charge in [0.2, 0.25) is 5.91 Å². The Morgan fingerprint density at radius 2 is 2.20 bits per heavy atom. The highest BCUT2D eigenvalue weighted by atomic mass is 16.2. The lowest BCUT2D eigenvalue weighted by Crippen LogP contribution is -2.33. The second kappa shape index (κ2) is 6.11. The van der Waals surface area contributed by atoms with Crippen LogP contribution in [0.1, 0.15) is 39.5 Å². The van der Waals surface area contributed by atoms with Gasteiger partial charge in [-0.2, -0.15) is 0 Å². The van der Waals surface area contributed by atoms with Crippen LogP contribution in [0.25, 0.3) is 0 Å². The summed E-state index contributed by atoms with van der Waals surface area (Å²) < 4.78 is 0. The third-order valence-corrected chi connectivity index (χ3v) is 3.16. The highest BCUT2D eigenvalue weighted by Crippen LogP contribution is 2.29. The third kappa shape index (κ3) is 4.65. The monoisotopic (exact) mass is 212 g/mol. The van der Waals surface area contributed by atoms with Crippen LogP contribution in [-0.4, -0.2) is 30.4 Å². The molecule has 1 saturated carbocycles. The molecule has 0 aromatic carbocycles. The predicted molar refractivity (Wildman–Crippen MR) is 62.4 cm³/mol. The van der Waals surface area contributed by atoms with E-state index in [-0.39, 0.29) is 0 Å². The van der Waals surface area contributed by atoms with Crippen LogP contribution in [0.5, 0.6) is 0 Å². The lowest BCUT2D eigenvalue weighted by molar-refractivity contribution is -0.131. The number of amides is 1. The number of nitrogens with two attached hydrogens (primary N) is 1. The number of rotatable bonds is 7. The maximum Gasteiger partial charge on any atom is 0.222 e. The average molecular weight is 212 g/mol. The summed E-state index contributed by atoms with van der Waals surface area (Å²) in [4.78, 5) is 13.8.